The van der Waals surface area contributed by atoms with E-state index in [1.54, 1.807) is 25.1 Å². The zero-order valence-electron chi connectivity index (χ0n) is 9.20. The van der Waals surface area contributed by atoms with Gasteiger partial charge in [-0.25, -0.2) is 4.39 Å². The molecule has 0 bridgehead atoms. The molecule has 0 unspecified atom stereocenters. The quantitative estimate of drug-likeness (QED) is 0.855. The molecule has 0 aliphatic rings. The van der Waals surface area contributed by atoms with E-state index in [9.17, 15) is 9.18 Å². The molecule has 5 heteroatoms. The van der Waals surface area contributed by atoms with Crippen LogP contribution in [-0.4, -0.2) is 21.3 Å². The van der Waals surface area contributed by atoms with Gasteiger partial charge in [-0.15, -0.1) is 0 Å². The summed E-state index contributed by atoms with van der Waals surface area (Å²) < 4.78 is 13.6. The van der Waals surface area contributed by atoms with Crippen LogP contribution in [-0.2, 0) is 11.2 Å². The number of halogens is 1. The van der Waals surface area contributed by atoms with Gasteiger partial charge < -0.3 is 5.11 Å². The first kappa shape index (κ1) is 11.3. The molecule has 2 rings (SSSR count). The van der Waals surface area contributed by atoms with Crippen LogP contribution >= 0.6 is 0 Å². The van der Waals surface area contributed by atoms with E-state index in [1.807, 2.05) is 0 Å². The Kier molecular flexibility index (Phi) is 2.91. The van der Waals surface area contributed by atoms with Crippen molar-refractivity contribution in [1.82, 2.24) is 10.2 Å². The van der Waals surface area contributed by atoms with Crippen molar-refractivity contribution in [2.45, 2.75) is 13.3 Å². The number of nitrogens with zero attached hydrogens (tertiary/aromatic N) is 1. The van der Waals surface area contributed by atoms with E-state index < -0.39 is 5.97 Å². The number of aromatic amines is 1. The van der Waals surface area contributed by atoms with Gasteiger partial charge in [0.05, 0.1) is 12.1 Å². The van der Waals surface area contributed by atoms with Crippen molar-refractivity contribution in [3.63, 3.8) is 0 Å². The molecule has 88 valence electrons. The third kappa shape index (κ3) is 2.18. The monoisotopic (exact) mass is 234 g/mol. The number of H-pyrrole nitrogens is 1. The third-order valence-corrected chi connectivity index (χ3v) is 2.57. The highest BCUT2D eigenvalue weighted by Crippen LogP contribution is 2.25. The lowest BCUT2D eigenvalue weighted by Crippen LogP contribution is -2.01. The van der Waals surface area contributed by atoms with Gasteiger partial charge >= 0.3 is 5.97 Å². The highest BCUT2D eigenvalue weighted by molar-refractivity contribution is 5.72. The van der Waals surface area contributed by atoms with E-state index >= 15 is 0 Å². The first-order chi connectivity index (χ1) is 8.09. The molecule has 2 N–H and O–H groups in total. The molecule has 0 saturated heterocycles. The largest absolute Gasteiger partial charge is 0.481 e. The fraction of sp³-hybridized carbons (Fsp3) is 0.167. The number of aliphatic carboxylic acids is 1. The van der Waals surface area contributed by atoms with Crippen LogP contribution in [0, 0.1) is 12.7 Å². The number of hydrogen-bond acceptors (Lipinski definition) is 2. The zero-order chi connectivity index (χ0) is 12.4. The van der Waals surface area contributed by atoms with E-state index in [0.717, 1.165) is 0 Å². The summed E-state index contributed by atoms with van der Waals surface area (Å²) >= 11 is 0. The molecule has 0 amide bonds. The van der Waals surface area contributed by atoms with Crippen molar-refractivity contribution in [2.75, 3.05) is 0 Å². The van der Waals surface area contributed by atoms with Crippen LogP contribution in [0.3, 0.4) is 0 Å². The predicted molar refractivity (Wildman–Crippen MR) is 60.1 cm³/mol. The summed E-state index contributed by atoms with van der Waals surface area (Å²) in [7, 11) is 0. The average Bonchev–Trinajstić information content (AvgIpc) is 2.61. The van der Waals surface area contributed by atoms with Crippen molar-refractivity contribution in [2.24, 2.45) is 0 Å². The molecule has 17 heavy (non-hydrogen) atoms. The molecule has 0 atom stereocenters. The van der Waals surface area contributed by atoms with Crippen molar-refractivity contribution < 1.29 is 14.3 Å². The smallest absolute Gasteiger partial charge is 0.309 e. The maximum Gasteiger partial charge on any atom is 0.309 e. The normalized spacial score (nSPS) is 10.5. The van der Waals surface area contributed by atoms with Crippen molar-refractivity contribution in [1.29, 1.82) is 0 Å². The molecule has 0 saturated carbocycles. The van der Waals surface area contributed by atoms with E-state index in [4.69, 9.17) is 5.11 Å². The fourth-order valence-corrected chi connectivity index (χ4v) is 1.67. The standard InChI is InChI=1S/C12H11FN2O2/c1-7-10(6-11(16)17)14-15-12(7)8-4-2-3-5-9(8)13/h2-5H,6H2,1H3,(H,14,15)(H,16,17). The summed E-state index contributed by atoms with van der Waals surface area (Å²) in [5.74, 6) is -1.32. The van der Waals surface area contributed by atoms with Gasteiger partial charge in [0.2, 0.25) is 0 Å². The molecule has 1 aromatic heterocycles. The van der Waals surface area contributed by atoms with Crippen LogP contribution in [0.2, 0.25) is 0 Å². The molecular formula is C12H11FN2O2. The average molecular weight is 234 g/mol. The van der Waals surface area contributed by atoms with Crippen LogP contribution in [0.25, 0.3) is 11.3 Å². The number of benzene rings is 1. The van der Waals surface area contributed by atoms with E-state index in [-0.39, 0.29) is 12.2 Å². The van der Waals surface area contributed by atoms with Crippen LogP contribution in [0.4, 0.5) is 4.39 Å². The van der Waals surface area contributed by atoms with E-state index in [2.05, 4.69) is 10.2 Å². The molecule has 1 aromatic carbocycles. The van der Waals surface area contributed by atoms with Gasteiger partial charge in [0.1, 0.15) is 5.82 Å². The van der Waals surface area contributed by atoms with Crippen molar-refractivity contribution >= 4 is 5.97 Å². The number of aromatic nitrogens is 2. The number of nitrogens with one attached hydrogen (secondary N) is 1. The topological polar surface area (TPSA) is 66.0 Å². The summed E-state index contributed by atoms with van der Waals surface area (Å²) in [6, 6.07) is 6.27. The SMILES string of the molecule is Cc1c(-c2ccccc2F)n[nH]c1CC(=O)O. The molecule has 1 heterocycles. The number of hydrogen-bond donors (Lipinski definition) is 2. The Morgan fingerprint density at radius 3 is 2.82 bits per heavy atom. The Balaban J connectivity index is 2.44. The number of carboxylic acids is 1. The highest BCUT2D eigenvalue weighted by atomic mass is 19.1. The zero-order valence-corrected chi connectivity index (χ0v) is 9.20. The maximum absolute atomic E-state index is 13.6. The second-order valence-electron chi connectivity index (χ2n) is 3.73. The van der Waals surface area contributed by atoms with Crippen LogP contribution < -0.4 is 0 Å². The lowest BCUT2D eigenvalue weighted by molar-refractivity contribution is -0.136. The van der Waals surface area contributed by atoms with E-state index in [1.165, 1.54) is 6.07 Å². The van der Waals surface area contributed by atoms with Gasteiger partial charge in [-0.1, -0.05) is 12.1 Å². The minimum absolute atomic E-state index is 0.146. The second kappa shape index (κ2) is 4.37. The maximum atomic E-state index is 13.6. The molecule has 0 aliphatic heterocycles. The van der Waals surface area contributed by atoms with Crippen molar-refractivity contribution in [3.8, 4) is 11.3 Å². The third-order valence-electron chi connectivity index (χ3n) is 2.57. The Hall–Kier alpha value is -2.17. The summed E-state index contributed by atoms with van der Waals surface area (Å²) in [5, 5.41) is 15.3. The molecule has 4 nitrogen and oxygen atoms in total. The predicted octanol–water partition coefficient (Wildman–Crippen LogP) is 2.15. The van der Waals surface area contributed by atoms with Crippen LogP contribution in [0.1, 0.15) is 11.3 Å². The van der Waals surface area contributed by atoms with Gasteiger partial charge in [0.25, 0.3) is 0 Å². The Bertz CT molecular complexity index is 563. The molecule has 2 aromatic rings. The minimum Gasteiger partial charge on any atom is -0.481 e. The van der Waals surface area contributed by atoms with Gasteiger partial charge in [-0.05, 0) is 24.6 Å². The van der Waals surface area contributed by atoms with Gasteiger partial charge in [-0.2, -0.15) is 5.10 Å². The lowest BCUT2D eigenvalue weighted by atomic mass is 10.1. The summed E-state index contributed by atoms with van der Waals surface area (Å²) in [5.41, 5.74) is 1.99. The number of carbonyl (C=O) groups is 1. The molecular weight excluding hydrogens is 223 g/mol. The molecule has 0 aliphatic carbocycles. The molecule has 0 spiro atoms. The number of rotatable bonds is 3. The van der Waals surface area contributed by atoms with Crippen LogP contribution in [0.15, 0.2) is 24.3 Å². The second-order valence-corrected chi connectivity index (χ2v) is 3.73. The van der Waals surface area contributed by atoms with Crippen molar-refractivity contribution in [3.05, 3.63) is 41.3 Å². The van der Waals surface area contributed by atoms with Crippen LogP contribution in [0.5, 0.6) is 0 Å². The summed E-state index contributed by atoms with van der Waals surface area (Å²) in [4.78, 5) is 10.6. The summed E-state index contributed by atoms with van der Waals surface area (Å²) in [6.45, 7) is 1.73. The fourth-order valence-electron chi connectivity index (χ4n) is 1.67. The first-order valence-electron chi connectivity index (χ1n) is 5.10. The Labute approximate surface area is 97.1 Å². The first-order valence-corrected chi connectivity index (χ1v) is 5.10. The van der Waals surface area contributed by atoms with Gasteiger partial charge in [0.15, 0.2) is 0 Å². The Morgan fingerprint density at radius 1 is 1.47 bits per heavy atom. The molecule has 0 fully saturated rings. The van der Waals surface area contributed by atoms with E-state index in [0.29, 0.717) is 22.5 Å². The highest BCUT2D eigenvalue weighted by Gasteiger charge is 2.15. The minimum atomic E-state index is -0.947. The molecule has 0 radical (unpaired) electrons. The lowest BCUT2D eigenvalue weighted by Gasteiger charge is -2.00. The summed E-state index contributed by atoms with van der Waals surface area (Å²) in [6.07, 6.45) is -0.146. The number of carboxylic acid groups (broad SMARTS) is 1. The van der Waals surface area contributed by atoms with Gasteiger partial charge in [0, 0.05) is 11.3 Å². The Morgan fingerprint density at radius 2 is 2.18 bits per heavy atom. The van der Waals surface area contributed by atoms with Gasteiger partial charge in [-0.3, -0.25) is 9.89 Å².